The summed E-state index contributed by atoms with van der Waals surface area (Å²) in [5.41, 5.74) is 2.55. The van der Waals surface area contributed by atoms with Gasteiger partial charge in [0.1, 0.15) is 0 Å². The molecule has 0 saturated heterocycles. The third-order valence-electron chi connectivity index (χ3n) is 2.40. The summed E-state index contributed by atoms with van der Waals surface area (Å²) in [6, 6.07) is 4.10. The van der Waals surface area contributed by atoms with Crippen LogP contribution in [-0.2, 0) is 0 Å². The van der Waals surface area contributed by atoms with Crippen LogP contribution in [-0.4, -0.2) is 23.5 Å². The van der Waals surface area contributed by atoms with Crippen LogP contribution in [0.25, 0.3) is 5.70 Å². The van der Waals surface area contributed by atoms with Crippen LogP contribution < -0.4 is 0 Å². The van der Waals surface area contributed by atoms with Crippen molar-refractivity contribution in [3.63, 3.8) is 0 Å². The monoisotopic (exact) mass is 174 g/mol. The Morgan fingerprint density at radius 2 is 2.38 bits per heavy atom. The molecule has 68 valence electrons. The molecule has 13 heavy (non-hydrogen) atoms. The van der Waals surface area contributed by atoms with Crippen molar-refractivity contribution in [1.82, 2.24) is 9.88 Å². The SMILES string of the molecule is CN1CCCC=C1c1cccnc1. The zero-order valence-electron chi connectivity index (χ0n) is 7.90. The van der Waals surface area contributed by atoms with Crippen LogP contribution >= 0.6 is 0 Å². The van der Waals surface area contributed by atoms with Gasteiger partial charge >= 0.3 is 0 Å². The highest BCUT2D eigenvalue weighted by Gasteiger charge is 2.10. The lowest BCUT2D eigenvalue weighted by molar-refractivity contribution is 0.449. The summed E-state index contributed by atoms with van der Waals surface area (Å²) in [5.74, 6) is 0. The molecule has 0 bridgehead atoms. The molecule has 0 atom stereocenters. The number of pyridine rings is 1. The third kappa shape index (κ3) is 1.72. The van der Waals surface area contributed by atoms with Gasteiger partial charge in [0.2, 0.25) is 0 Å². The van der Waals surface area contributed by atoms with E-state index in [1.54, 1.807) is 0 Å². The maximum atomic E-state index is 4.13. The number of hydrogen-bond acceptors (Lipinski definition) is 2. The molecule has 0 saturated carbocycles. The molecule has 0 radical (unpaired) electrons. The normalized spacial score (nSPS) is 17.0. The number of aromatic nitrogens is 1. The first-order valence-corrected chi connectivity index (χ1v) is 4.69. The van der Waals surface area contributed by atoms with E-state index in [0.717, 1.165) is 6.54 Å². The van der Waals surface area contributed by atoms with Gasteiger partial charge in [-0.1, -0.05) is 6.08 Å². The first-order chi connectivity index (χ1) is 6.38. The topological polar surface area (TPSA) is 16.1 Å². The average molecular weight is 174 g/mol. The lowest BCUT2D eigenvalue weighted by Gasteiger charge is -2.26. The van der Waals surface area contributed by atoms with Crippen molar-refractivity contribution in [2.24, 2.45) is 0 Å². The lowest BCUT2D eigenvalue weighted by atomic mass is 10.1. The Labute approximate surface area is 78.9 Å². The zero-order valence-corrected chi connectivity index (χ0v) is 7.90. The molecule has 2 heterocycles. The smallest absolute Gasteiger partial charge is 0.0412 e. The first-order valence-electron chi connectivity index (χ1n) is 4.69. The van der Waals surface area contributed by atoms with Crippen molar-refractivity contribution in [2.75, 3.05) is 13.6 Å². The van der Waals surface area contributed by atoms with Gasteiger partial charge in [-0.3, -0.25) is 4.98 Å². The Bertz CT molecular complexity index is 303. The van der Waals surface area contributed by atoms with Gasteiger partial charge in [-0.15, -0.1) is 0 Å². The molecule has 0 unspecified atom stereocenters. The van der Waals surface area contributed by atoms with Crippen molar-refractivity contribution >= 4 is 5.70 Å². The van der Waals surface area contributed by atoms with Crippen molar-refractivity contribution in [1.29, 1.82) is 0 Å². The molecule has 0 N–H and O–H groups in total. The second-order valence-corrected chi connectivity index (χ2v) is 3.39. The summed E-state index contributed by atoms with van der Waals surface area (Å²) in [6.45, 7) is 1.15. The Morgan fingerprint density at radius 1 is 1.46 bits per heavy atom. The fraction of sp³-hybridized carbons (Fsp3) is 0.364. The summed E-state index contributed by atoms with van der Waals surface area (Å²) in [5, 5.41) is 0. The van der Waals surface area contributed by atoms with Crippen LogP contribution in [0.15, 0.2) is 30.6 Å². The summed E-state index contributed by atoms with van der Waals surface area (Å²) in [6.07, 6.45) is 8.48. The largest absolute Gasteiger partial charge is 0.374 e. The van der Waals surface area contributed by atoms with Gasteiger partial charge in [0, 0.05) is 37.2 Å². The van der Waals surface area contributed by atoms with Gasteiger partial charge in [0.15, 0.2) is 0 Å². The van der Waals surface area contributed by atoms with E-state index in [0.29, 0.717) is 0 Å². The molecule has 0 amide bonds. The number of hydrogen-bond donors (Lipinski definition) is 0. The second-order valence-electron chi connectivity index (χ2n) is 3.39. The minimum absolute atomic E-state index is 1.15. The molecular weight excluding hydrogens is 160 g/mol. The van der Waals surface area contributed by atoms with E-state index in [1.807, 2.05) is 18.5 Å². The van der Waals surface area contributed by atoms with E-state index in [1.165, 1.54) is 24.1 Å². The summed E-state index contributed by atoms with van der Waals surface area (Å²) in [7, 11) is 2.14. The van der Waals surface area contributed by atoms with Crippen molar-refractivity contribution in [3.8, 4) is 0 Å². The highest BCUT2D eigenvalue weighted by atomic mass is 15.1. The molecule has 2 heteroatoms. The van der Waals surface area contributed by atoms with Gasteiger partial charge < -0.3 is 4.90 Å². The molecule has 0 aliphatic carbocycles. The van der Waals surface area contributed by atoms with Crippen LogP contribution in [0, 0.1) is 0 Å². The predicted octanol–water partition coefficient (Wildman–Crippen LogP) is 2.15. The van der Waals surface area contributed by atoms with Crippen molar-refractivity contribution in [3.05, 3.63) is 36.2 Å². The van der Waals surface area contributed by atoms with E-state index >= 15 is 0 Å². The van der Waals surface area contributed by atoms with Crippen LogP contribution in [0.1, 0.15) is 18.4 Å². The van der Waals surface area contributed by atoms with Crippen molar-refractivity contribution in [2.45, 2.75) is 12.8 Å². The van der Waals surface area contributed by atoms with Crippen LogP contribution in [0.5, 0.6) is 0 Å². The predicted molar refractivity (Wildman–Crippen MR) is 54.1 cm³/mol. The summed E-state index contributed by atoms with van der Waals surface area (Å²) >= 11 is 0. The maximum absolute atomic E-state index is 4.13. The molecule has 2 rings (SSSR count). The molecule has 1 aromatic heterocycles. The van der Waals surface area contributed by atoms with Gasteiger partial charge in [-0.25, -0.2) is 0 Å². The Balaban J connectivity index is 2.30. The van der Waals surface area contributed by atoms with Crippen LogP contribution in [0.2, 0.25) is 0 Å². The van der Waals surface area contributed by atoms with E-state index < -0.39 is 0 Å². The Hall–Kier alpha value is -1.31. The lowest BCUT2D eigenvalue weighted by Crippen LogP contribution is -2.21. The van der Waals surface area contributed by atoms with E-state index in [2.05, 4.69) is 29.1 Å². The van der Waals surface area contributed by atoms with Gasteiger partial charge in [0.25, 0.3) is 0 Å². The van der Waals surface area contributed by atoms with E-state index in [9.17, 15) is 0 Å². The Morgan fingerprint density at radius 3 is 3.08 bits per heavy atom. The molecule has 2 nitrogen and oxygen atoms in total. The minimum Gasteiger partial charge on any atom is -0.374 e. The highest BCUT2D eigenvalue weighted by molar-refractivity contribution is 5.63. The number of allylic oxidation sites excluding steroid dienone is 1. The summed E-state index contributed by atoms with van der Waals surface area (Å²) in [4.78, 5) is 6.42. The molecule has 0 spiro atoms. The highest BCUT2D eigenvalue weighted by Crippen LogP contribution is 2.21. The maximum Gasteiger partial charge on any atom is 0.0412 e. The fourth-order valence-electron chi connectivity index (χ4n) is 1.70. The van der Waals surface area contributed by atoms with Crippen LogP contribution in [0.3, 0.4) is 0 Å². The zero-order chi connectivity index (χ0) is 9.10. The number of nitrogens with zero attached hydrogens (tertiary/aromatic N) is 2. The second kappa shape index (κ2) is 3.60. The molecule has 0 fully saturated rings. The van der Waals surface area contributed by atoms with Crippen LogP contribution in [0.4, 0.5) is 0 Å². The van der Waals surface area contributed by atoms with Gasteiger partial charge in [0.05, 0.1) is 0 Å². The van der Waals surface area contributed by atoms with E-state index in [-0.39, 0.29) is 0 Å². The molecule has 1 aromatic rings. The van der Waals surface area contributed by atoms with Gasteiger partial charge in [-0.05, 0) is 25.0 Å². The summed E-state index contributed by atoms with van der Waals surface area (Å²) < 4.78 is 0. The fourth-order valence-corrected chi connectivity index (χ4v) is 1.70. The van der Waals surface area contributed by atoms with E-state index in [4.69, 9.17) is 0 Å². The van der Waals surface area contributed by atoms with Gasteiger partial charge in [-0.2, -0.15) is 0 Å². The number of rotatable bonds is 1. The molecule has 1 aliphatic heterocycles. The minimum atomic E-state index is 1.15. The average Bonchev–Trinajstić information content (AvgIpc) is 2.20. The quantitative estimate of drug-likeness (QED) is 0.648. The standard InChI is InChI=1S/C11H14N2/c1-13-8-3-2-6-11(13)10-5-4-7-12-9-10/h4-7,9H,2-3,8H2,1H3. The first kappa shape index (κ1) is 8.30. The van der Waals surface area contributed by atoms with Crippen molar-refractivity contribution < 1.29 is 0 Å². The molecule has 0 aromatic carbocycles. The molecule has 1 aliphatic rings. The third-order valence-corrected chi connectivity index (χ3v) is 2.40. The Kier molecular flexibility index (Phi) is 2.30. The molecular formula is C11H14N2.